The van der Waals surface area contributed by atoms with Crippen molar-refractivity contribution < 1.29 is 27.9 Å². The summed E-state index contributed by atoms with van der Waals surface area (Å²) in [6.07, 6.45) is -0.971. The van der Waals surface area contributed by atoms with Crippen molar-refractivity contribution in [2.24, 2.45) is 0 Å². The highest BCUT2D eigenvalue weighted by molar-refractivity contribution is 6.33. The van der Waals surface area contributed by atoms with Gasteiger partial charge in [0.05, 0.1) is 28.4 Å². The minimum absolute atomic E-state index is 0.0228. The summed E-state index contributed by atoms with van der Waals surface area (Å²) in [5.74, 6) is -1.22. The fourth-order valence-corrected chi connectivity index (χ4v) is 4.95. The molecule has 2 aromatic carbocycles. The maximum absolute atomic E-state index is 12.8. The van der Waals surface area contributed by atoms with Crippen LogP contribution >= 0.6 is 11.6 Å². The third-order valence-electron chi connectivity index (χ3n) is 6.73. The maximum Gasteiger partial charge on any atom is 0.416 e. The molecule has 2 aliphatic rings. The number of hydrogen-bond acceptors (Lipinski definition) is 4. The van der Waals surface area contributed by atoms with Crippen LogP contribution in [0.4, 0.5) is 18.9 Å². The van der Waals surface area contributed by atoms with Gasteiger partial charge in [-0.1, -0.05) is 41.9 Å². The van der Waals surface area contributed by atoms with E-state index in [1.54, 1.807) is 0 Å². The predicted molar refractivity (Wildman–Crippen MR) is 131 cm³/mol. The monoisotopic (exact) mass is 521 g/mol. The first-order valence-electron chi connectivity index (χ1n) is 11.8. The normalized spacial score (nSPS) is 20.6. The highest BCUT2D eigenvalue weighted by atomic mass is 35.5. The molecule has 36 heavy (non-hydrogen) atoms. The molecule has 1 aliphatic carbocycles. The molecule has 1 saturated carbocycles. The van der Waals surface area contributed by atoms with Gasteiger partial charge in [-0.25, -0.2) is 0 Å². The van der Waals surface area contributed by atoms with Crippen LogP contribution in [0.3, 0.4) is 0 Å². The lowest BCUT2D eigenvalue weighted by molar-refractivity contribution is -0.137. The van der Waals surface area contributed by atoms with Gasteiger partial charge in [-0.05, 0) is 55.4 Å². The zero-order valence-corrected chi connectivity index (χ0v) is 20.2. The minimum atomic E-state index is -4.49. The lowest BCUT2D eigenvalue weighted by Gasteiger charge is -2.29. The number of aliphatic hydroxyl groups excluding tert-OH is 1. The van der Waals surface area contributed by atoms with Crippen molar-refractivity contribution in [3.63, 3.8) is 0 Å². The summed E-state index contributed by atoms with van der Waals surface area (Å²) >= 11 is 5.94. The largest absolute Gasteiger partial charge is 0.503 e. The number of aliphatic hydroxyl groups is 1. The average molecular weight is 522 g/mol. The van der Waals surface area contributed by atoms with Crippen LogP contribution < -0.4 is 10.6 Å². The fraction of sp³-hybridized carbons (Fsp3) is 0.385. The van der Waals surface area contributed by atoms with E-state index < -0.39 is 29.3 Å². The number of nitrogens with zero attached hydrogens (tertiary/aromatic N) is 1. The SMILES string of the molecule is O=C(N[C@H]1CC[C@@H](c2ccccc2)CC1)C1=C(O)C(=O)N(CCNc2ccc(C(F)(F)F)cc2Cl)C1. The van der Waals surface area contributed by atoms with Crippen molar-refractivity contribution >= 4 is 29.1 Å². The summed E-state index contributed by atoms with van der Waals surface area (Å²) in [5, 5.41) is 16.0. The van der Waals surface area contributed by atoms with E-state index in [2.05, 4.69) is 22.8 Å². The van der Waals surface area contributed by atoms with E-state index >= 15 is 0 Å². The summed E-state index contributed by atoms with van der Waals surface area (Å²) in [5.41, 5.74) is 0.757. The Kier molecular flexibility index (Phi) is 7.78. The number of rotatable bonds is 7. The Hall–Kier alpha value is -3.20. The number of anilines is 1. The molecule has 0 saturated heterocycles. The van der Waals surface area contributed by atoms with Crippen molar-refractivity contribution in [3.8, 4) is 0 Å². The molecule has 3 N–H and O–H groups in total. The van der Waals surface area contributed by atoms with Crippen LogP contribution in [0.2, 0.25) is 5.02 Å². The van der Waals surface area contributed by atoms with E-state index in [9.17, 15) is 27.9 Å². The summed E-state index contributed by atoms with van der Waals surface area (Å²) in [4.78, 5) is 26.5. The second-order valence-electron chi connectivity index (χ2n) is 9.11. The first-order chi connectivity index (χ1) is 17.1. The molecule has 0 unspecified atom stereocenters. The molecule has 2 aromatic rings. The Balaban J connectivity index is 1.26. The summed E-state index contributed by atoms with van der Waals surface area (Å²) < 4.78 is 38.4. The minimum Gasteiger partial charge on any atom is -0.503 e. The molecule has 2 amide bonds. The molecule has 192 valence electrons. The Morgan fingerprint density at radius 2 is 1.78 bits per heavy atom. The van der Waals surface area contributed by atoms with E-state index in [0.29, 0.717) is 5.92 Å². The van der Waals surface area contributed by atoms with Crippen LogP contribution in [-0.2, 0) is 15.8 Å². The van der Waals surface area contributed by atoms with Gasteiger partial charge >= 0.3 is 6.18 Å². The molecule has 0 atom stereocenters. The van der Waals surface area contributed by atoms with Crippen molar-refractivity contribution in [2.75, 3.05) is 25.0 Å². The molecular formula is C26H27ClF3N3O3. The van der Waals surface area contributed by atoms with Crippen LogP contribution in [0.5, 0.6) is 0 Å². The lowest BCUT2D eigenvalue weighted by atomic mass is 9.82. The van der Waals surface area contributed by atoms with Gasteiger partial charge in [-0.2, -0.15) is 13.2 Å². The molecule has 4 rings (SSSR count). The molecule has 6 nitrogen and oxygen atoms in total. The fourth-order valence-electron chi connectivity index (χ4n) is 4.71. The van der Waals surface area contributed by atoms with E-state index in [4.69, 9.17) is 11.6 Å². The topological polar surface area (TPSA) is 81.7 Å². The Bertz CT molecular complexity index is 1150. The molecule has 1 heterocycles. The molecule has 0 radical (unpaired) electrons. The number of carbonyl (C=O) groups excluding carboxylic acids is 2. The number of halogens is 4. The van der Waals surface area contributed by atoms with Crippen LogP contribution in [0, 0.1) is 0 Å². The number of amides is 2. The van der Waals surface area contributed by atoms with Crippen LogP contribution in [0.25, 0.3) is 0 Å². The molecule has 0 spiro atoms. The Morgan fingerprint density at radius 3 is 2.42 bits per heavy atom. The average Bonchev–Trinajstić information content (AvgIpc) is 3.14. The molecule has 1 fully saturated rings. The molecule has 1 aliphatic heterocycles. The van der Waals surface area contributed by atoms with Gasteiger partial charge in [-0.15, -0.1) is 0 Å². The highest BCUT2D eigenvalue weighted by Crippen LogP contribution is 2.34. The van der Waals surface area contributed by atoms with Crippen LogP contribution in [-0.4, -0.2) is 47.5 Å². The van der Waals surface area contributed by atoms with Crippen molar-refractivity contribution in [3.05, 3.63) is 76.0 Å². The van der Waals surface area contributed by atoms with Crippen molar-refractivity contribution in [2.45, 2.75) is 43.8 Å². The molecule has 10 heteroatoms. The molecular weight excluding hydrogens is 495 g/mol. The third kappa shape index (κ3) is 5.95. The molecule has 0 aromatic heterocycles. The van der Waals surface area contributed by atoms with Gasteiger partial charge in [0.1, 0.15) is 0 Å². The number of alkyl halides is 3. The van der Waals surface area contributed by atoms with Gasteiger partial charge in [0.15, 0.2) is 5.76 Å². The van der Waals surface area contributed by atoms with Gasteiger partial charge in [0.25, 0.3) is 11.8 Å². The van der Waals surface area contributed by atoms with Crippen LogP contribution in [0.1, 0.15) is 42.7 Å². The van der Waals surface area contributed by atoms with Gasteiger partial charge in [-0.3, -0.25) is 9.59 Å². The first kappa shape index (κ1) is 25.9. The molecule has 0 bridgehead atoms. The van der Waals surface area contributed by atoms with Crippen molar-refractivity contribution in [1.29, 1.82) is 0 Å². The predicted octanol–water partition coefficient (Wildman–Crippen LogP) is 5.27. The number of hydrogen-bond donors (Lipinski definition) is 3. The summed E-state index contributed by atoms with van der Waals surface area (Å²) in [7, 11) is 0. The van der Waals surface area contributed by atoms with Crippen LogP contribution in [0.15, 0.2) is 59.9 Å². The summed E-state index contributed by atoms with van der Waals surface area (Å²) in [6.45, 7) is 0.250. The van der Waals surface area contributed by atoms with E-state index in [0.717, 1.165) is 37.8 Å². The van der Waals surface area contributed by atoms with E-state index in [1.165, 1.54) is 16.5 Å². The van der Waals surface area contributed by atoms with Gasteiger partial charge in [0.2, 0.25) is 0 Å². The maximum atomic E-state index is 12.8. The Labute approximate surface area is 212 Å². The Morgan fingerprint density at radius 1 is 1.08 bits per heavy atom. The highest BCUT2D eigenvalue weighted by Gasteiger charge is 2.35. The zero-order valence-electron chi connectivity index (χ0n) is 19.4. The zero-order chi connectivity index (χ0) is 25.9. The smallest absolute Gasteiger partial charge is 0.416 e. The summed E-state index contributed by atoms with van der Waals surface area (Å²) in [6, 6.07) is 13.2. The second-order valence-corrected chi connectivity index (χ2v) is 9.51. The van der Waals surface area contributed by atoms with Gasteiger partial charge < -0.3 is 20.6 Å². The number of nitrogens with one attached hydrogen (secondary N) is 2. The third-order valence-corrected chi connectivity index (χ3v) is 7.04. The van der Waals surface area contributed by atoms with E-state index in [1.807, 2.05) is 18.2 Å². The van der Waals surface area contributed by atoms with Crippen molar-refractivity contribution in [1.82, 2.24) is 10.2 Å². The lowest BCUT2D eigenvalue weighted by Crippen LogP contribution is -2.39. The quantitative estimate of drug-likeness (QED) is 0.464. The number of benzene rings is 2. The number of carbonyl (C=O) groups is 2. The van der Waals surface area contributed by atoms with E-state index in [-0.39, 0.29) is 42.0 Å². The van der Waals surface area contributed by atoms with Gasteiger partial charge in [0, 0.05) is 19.1 Å². The standard InChI is InChI=1S/C26H27ClF3N3O3/c27-21-14-18(26(28,29)30)8-11-22(21)31-12-13-33-15-20(23(34)25(33)36)24(35)32-19-9-6-17(7-10-19)16-4-2-1-3-5-16/h1-5,8,11,14,17,19,31,34H,6-7,9-10,12-13,15H2,(H,32,35)/t17-,19+. The second kappa shape index (κ2) is 10.8. The first-order valence-corrected chi connectivity index (χ1v) is 12.2.